The quantitative estimate of drug-likeness (QED) is 0.440. The summed E-state index contributed by atoms with van der Waals surface area (Å²) in [6.07, 6.45) is 2.07. The fourth-order valence-corrected chi connectivity index (χ4v) is 8.74. The molecule has 0 aromatic heterocycles. The maximum Gasteiger partial charge on any atom is 0.321 e. The molecule has 0 rings (SSSR count). The number of carbonyl (C=O) groups excluding carboxylic acids is 1. The molecule has 1 atom stereocenters. The Kier molecular flexibility index (Phi) is 8.81. The molecule has 0 aliphatic heterocycles. The lowest BCUT2D eigenvalue weighted by atomic mass is 9.95. The number of aliphatic carboxylic acids is 1. The SMILES string of the molecule is C=C(C(=O)O[Si](C(C)C)(C(C)C)C(C)C)C(CCCC)C(=O)O. The van der Waals surface area contributed by atoms with Crippen molar-refractivity contribution < 1.29 is 19.1 Å². The third-order valence-electron chi connectivity index (χ3n) is 4.80. The zero-order valence-electron chi connectivity index (χ0n) is 15.8. The molecule has 0 aromatic carbocycles. The van der Waals surface area contributed by atoms with Crippen molar-refractivity contribution in [1.29, 1.82) is 0 Å². The lowest BCUT2D eigenvalue weighted by Crippen LogP contribution is -2.49. The van der Waals surface area contributed by atoms with Crippen molar-refractivity contribution in [1.82, 2.24) is 0 Å². The van der Waals surface area contributed by atoms with E-state index >= 15 is 0 Å². The van der Waals surface area contributed by atoms with Crippen LogP contribution < -0.4 is 0 Å². The van der Waals surface area contributed by atoms with Gasteiger partial charge in [0, 0.05) is 5.57 Å². The zero-order chi connectivity index (χ0) is 18.4. The van der Waals surface area contributed by atoms with Gasteiger partial charge in [0.2, 0.25) is 0 Å². The molecule has 0 heterocycles. The molecule has 0 saturated heterocycles. The van der Waals surface area contributed by atoms with E-state index < -0.39 is 26.2 Å². The van der Waals surface area contributed by atoms with E-state index in [2.05, 4.69) is 48.1 Å². The monoisotopic (exact) mass is 342 g/mol. The molecule has 0 fully saturated rings. The van der Waals surface area contributed by atoms with Crippen LogP contribution >= 0.6 is 0 Å². The van der Waals surface area contributed by atoms with E-state index in [4.69, 9.17) is 4.43 Å². The molecule has 5 heteroatoms. The predicted octanol–water partition coefficient (Wildman–Crippen LogP) is 5.15. The highest BCUT2D eigenvalue weighted by Crippen LogP contribution is 2.43. The van der Waals surface area contributed by atoms with E-state index in [-0.39, 0.29) is 22.2 Å². The number of hydrogen-bond acceptors (Lipinski definition) is 3. The molecule has 1 unspecified atom stereocenters. The van der Waals surface area contributed by atoms with Crippen LogP contribution in [-0.2, 0) is 14.0 Å². The Bertz CT molecular complexity index is 405. The predicted molar refractivity (Wildman–Crippen MR) is 96.9 cm³/mol. The normalized spacial score (nSPS) is 13.5. The molecule has 0 bridgehead atoms. The van der Waals surface area contributed by atoms with Gasteiger partial charge in [0.05, 0.1) is 5.92 Å². The molecular weight excluding hydrogens is 308 g/mol. The summed E-state index contributed by atoms with van der Waals surface area (Å²) in [5, 5.41) is 9.39. The summed E-state index contributed by atoms with van der Waals surface area (Å²) < 4.78 is 6.03. The molecular formula is C18H34O4Si. The van der Waals surface area contributed by atoms with E-state index in [0.717, 1.165) is 12.8 Å². The van der Waals surface area contributed by atoms with E-state index in [1.54, 1.807) is 0 Å². The number of carbonyl (C=O) groups is 2. The van der Waals surface area contributed by atoms with Crippen LogP contribution in [0.3, 0.4) is 0 Å². The summed E-state index contributed by atoms with van der Waals surface area (Å²) in [7, 11) is -2.37. The van der Waals surface area contributed by atoms with Gasteiger partial charge in [-0.2, -0.15) is 0 Å². The molecule has 1 N–H and O–H groups in total. The summed E-state index contributed by atoms with van der Waals surface area (Å²) in [6, 6.07) is 0. The molecule has 134 valence electrons. The van der Waals surface area contributed by atoms with Gasteiger partial charge < -0.3 is 9.53 Å². The Balaban J connectivity index is 5.40. The fourth-order valence-electron chi connectivity index (χ4n) is 3.58. The fraction of sp³-hybridized carbons (Fsp3) is 0.778. The van der Waals surface area contributed by atoms with Crippen LogP contribution in [0.2, 0.25) is 16.6 Å². The van der Waals surface area contributed by atoms with E-state index in [9.17, 15) is 14.7 Å². The van der Waals surface area contributed by atoms with Crippen LogP contribution in [0.5, 0.6) is 0 Å². The maximum atomic E-state index is 12.6. The minimum Gasteiger partial charge on any atom is -0.515 e. The summed E-state index contributed by atoms with van der Waals surface area (Å²) in [4.78, 5) is 24.1. The first-order chi connectivity index (χ1) is 10.5. The van der Waals surface area contributed by atoms with Crippen LogP contribution in [0.4, 0.5) is 0 Å². The molecule has 0 aromatic rings. The van der Waals surface area contributed by atoms with Crippen LogP contribution in [-0.4, -0.2) is 25.4 Å². The third-order valence-corrected chi connectivity index (χ3v) is 10.8. The largest absolute Gasteiger partial charge is 0.515 e. The van der Waals surface area contributed by atoms with Crippen molar-refractivity contribution in [2.45, 2.75) is 84.4 Å². The van der Waals surface area contributed by atoms with Gasteiger partial charge >= 0.3 is 11.9 Å². The second-order valence-electron chi connectivity index (χ2n) is 7.27. The molecule has 23 heavy (non-hydrogen) atoms. The first-order valence-electron chi connectivity index (χ1n) is 8.67. The number of carboxylic acids is 1. The minimum atomic E-state index is -2.37. The summed E-state index contributed by atoms with van der Waals surface area (Å²) in [5.74, 6) is -2.36. The van der Waals surface area contributed by atoms with Crippen molar-refractivity contribution >= 4 is 20.3 Å². The van der Waals surface area contributed by atoms with Gasteiger partial charge in [0.1, 0.15) is 0 Å². The van der Waals surface area contributed by atoms with Crippen LogP contribution in [0, 0.1) is 5.92 Å². The topological polar surface area (TPSA) is 63.6 Å². The second kappa shape index (κ2) is 9.26. The van der Waals surface area contributed by atoms with Gasteiger partial charge in [-0.1, -0.05) is 67.9 Å². The number of rotatable bonds is 10. The Hall–Kier alpha value is -1.10. The highest BCUT2D eigenvalue weighted by Gasteiger charge is 2.48. The Morgan fingerprint density at radius 1 is 1.04 bits per heavy atom. The highest BCUT2D eigenvalue weighted by atomic mass is 28.4. The smallest absolute Gasteiger partial charge is 0.321 e. The van der Waals surface area contributed by atoms with E-state index in [1.165, 1.54) is 0 Å². The molecule has 4 nitrogen and oxygen atoms in total. The average Bonchev–Trinajstić information content (AvgIpc) is 2.42. The van der Waals surface area contributed by atoms with Crippen molar-refractivity contribution in [3.63, 3.8) is 0 Å². The van der Waals surface area contributed by atoms with Crippen molar-refractivity contribution in [2.24, 2.45) is 5.92 Å². The molecule has 0 aliphatic rings. The molecule has 0 spiro atoms. The van der Waals surface area contributed by atoms with Gasteiger partial charge in [0.15, 0.2) is 0 Å². The van der Waals surface area contributed by atoms with E-state index in [0.29, 0.717) is 6.42 Å². The first kappa shape index (κ1) is 21.9. The van der Waals surface area contributed by atoms with Crippen LogP contribution in [0.1, 0.15) is 67.7 Å². The van der Waals surface area contributed by atoms with Gasteiger partial charge in [-0.15, -0.1) is 0 Å². The number of hydrogen-bond donors (Lipinski definition) is 1. The Labute approximate surface area is 142 Å². The zero-order valence-corrected chi connectivity index (χ0v) is 16.8. The average molecular weight is 343 g/mol. The number of carboxylic acid groups (broad SMARTS) is 1. The molecule has 0 saturated carbocycles. The number of unbranched alkanes of at least 4 members (excludes halogenated alkanes) is 1. The van der Waals surface area contributed by atoms with Gasteiger partial charge in [-0.05, 0) is 23.0 Å². The summed E-state index contributed by atoms with van der Waals surface area (Å²) in [5.41, 5.74) is 0.874. The minimum absolute atomic E-state index is 0.0878. The maximum absolute atomic E-state index is 12.6. The second-order valence-corrected chi connectivity index (χ2v) is 12.6. The molecule has 0 aliphatic carbocycles. The van der Waals surface area contributed by atoms with Crippen molar-refractivity contribution in [2.75, 3.05) is 0 Å². The Morgan fingerprint density at radius 2 is 1.48 bits per heavy atom. The van der Waals surface area contributed by atoms with Gasteiger partial charge in [-0.3, -0.25) is 4.79 Å². The van der Waals surface area contributed by atoms with E-state index in [1.807, 2.05) is 6.92 Å². The van der Waals surface area contributed by atoms with Crippen molar-refractivity contribution in [3.8, 4) is 0 Å². The van der Waals surface area contributed by atoms with Crippen molar-refractivity contribution in [3.05, 3.63) is 12.2 Å². The molecule has 0 amide bonds. The molecule has 0 radical (unpaired) electrons. The van der Waals surface area contributed by atoms with Crippen LogP contribution in [0.25, 0.3) is 0 Å². The van der Waals surface area contributed by atoms with Gasteiger partial charge in [-0.25, -0.2) is 4.79 Å². The van der Waals surface area contributed by atoms with Crippen LogP contribution in [0.15, 0.2) is 12.2 Å². The third kappa shape index (κ3) is 5.20. The Morgan fingerprint density at radius 3 is 1.78 bits per heavy atom. The lowest BCUT2D eigenvalue weighted by molar-refractivity contribution is -0.143. The first-order valence-corrected chi connectivity index (χ1v) is 10.8. The highest BCUT2D eigenvalue weighted by molar-refractivity contribution is 6.79. The van der Waals surface area contributed by atoms with Gasteiger partial charge in [0.25, 0.3) is 8.32 Å². The standard InChI is InChI=1S/C18H34O4Si/c1-9-10-11-16(17(19)20)15(8)18(21)22-23(12(2)3,13(4)5)14(6)7/h12-14,16H,8-11H2,1-7H3,(H,19,20). The summed E-state index contributed by atoms with van der Waals surface area (Å²) >= 11 is 0. The summed E-state index contributed by atoms with van der Waals surface area (Å²) in [6.45, 7) is 18.3. The lowest BCUT2D eigenvalue weighted by Gasteiger charge is -2.41.